The minimum atomic E-state index is -0.740. The van der Waals surface area contributed by atoms with Crippen LogP contribution < -0.4 is 33.7 Å². The quantitative estimate of drug-likeness (QED) is 0.238. The molecule has 11 heteroatoms. The van der Waals surface area contributed by atoms with Crippen LogP contribution in [-0.4, -0.2) is 65.0 Å². The largest absolute Gasteiger partial charge is 0.493 e. The van der Waals surface area contributed by atoms with Crippen molar-refractivity contribution in [2.75, 3.05) is 41.6 Å². The van der Waals surface area contributed by atoms with Crippen LogP contribution >= 0.6 is 0 Å². The van der Waals surface area contributed by atoms with Gasteiger partial charge in [0, 0.05) is 6.07 Å². The lowest BCUT2D eigenvalue weighted by atomic mass is 9.88. The van der Waals surface area contributed by atoms with Crippen molar-refractivity contribution in [2.24, 2.45) is 5.92 Å². The fourth-order valence-corrected chi connectivity index (χ4v) is 4.47. The molecule has 1 unspecified atom stereocenters. The molecule has 0 fully saturated rings. The first-order chi connectivity index (χ1) is 21.4. The smallest absolute Gasteiger partial charge is 0.408 e. The van der Waals surface area contributed by atoms with Crippen molar-refractivity contribution in [2.45, 2.75) is 39.7 Å². The Morgan fingerprint density at radius 2 is 1.53 bits per heavy atom. The van der Waals surface area contributed by atoms with Crippen LogP contribution in [0.25, 0.3) is 0 Å². The van der Waals surface area contributed by atoms with Crippen LogP contribution in [0.5, 0.6) is 34.5 Å². The summed E-state index contributed by atoms with van der Waals surface area (Å²) >= 11 is 0. The van der Waals surface area contributed by atoms with Crippen molar-refractivity contribution in [1.29, 1.82) is 0 Å². The van der Waals surface area contributed by atoms with Gasteiger partial charge in [-0.2, -0.15) is 0 Å². The van der Waals surface area contributed by atoms with Crippen LogP contribution in [0.4, 0.5) is 4.79 Å². The Morgan fingerprint density at radius 3 is 2.09 bits per heavy atom. The number of benzene rings is 3. The van der Waals surface area contributed by atoms with Crippen molar-refractivity contribution in [3.05, 3.63) is 71.3 Å². The van der Waals surface area contributed by atoms with E-state index in [0.717, 1.165) is 0 Å². The number of ketones is 1. The van der Waals surface area contributed by atoms with Gasteiger partial charge in [-0.25, -0.2) is 9.59 Å². The van der Waals surface area contributed by atoms with E-state index in [1.807, 2.05) is 18.2 Å². The first-order valence-corrected chi connectivity index (χ1v) is 14.3. The average Bonchev–Trinajstić information content (AvgIpc) is 3.00. The number of amides is 1. The van der Waals surface area contributed by atoms with E-state index in [0.29, 0.717) is 35.0 Å². The van der Waals surface area contributed by atoms with E-state index in [4.69, 9.17) is 33.2 Å². The second-order valence-corrected chi connectivity index (χ2v) is 11.1. The maximum Gasteiger partial charge on any atom is 0.408 e. The standard InChI is InChI=1S/C27H33NO10.C7H8/c1-27(2,3)38-26(31)28-13-21(29)37-18-11-15(8-9-17(18)32-4)10-16-14-36-19-12-20(33-5)24(34-6)25(35-7)22(19)23(16)30;1-7-5-3-2-4-6-7/h8-9,11-12,16H,10,13-14H2,1-7H3,(H,28,31);2-6H,1H3. The van der Waals surface area contributed by atoms with Crippen LogP contribution in [0.2, 0.25) is 0 Å². The Hall–Kier alpha value is -4.93. The molecule has 0 aromatic heterocycles. The molecule has 4 rings (SSSR count). The van der Waals surface area contributed by atoms with Crippen molar-refractivity contribution in [3.8, 4) is 34.5 Å². The molecule has 1 atom stereocenters. The van der Waals surface area contributed by atoms with E-state index in [-0.39, 0.29) is 29.5 Å². The molecule has 0 saturated heterocycles. The van der Waals surface area contributed by atoms with Crippen LogP contribution in [-0.2, 0) is 16.0 Å². The van der Waals surface area contributed by atoms with E-state index >= 15 is 0 Å². The van der Waals surface area contributed by atoms with Gasteiger partial charge >= 0.3 is 12.1 Å². The predicted octanol–water partition coefficient (Wildman–Crippen LogP) is 5.58. The maximum absolute atomic E-state index is 13.5. The molecular formula is C34H41NO10. The number of ether oxygens (including phenoxy) is 7. The highest BCUT2D eigenvalue weighted by Gasteiger charge is 2.35. The van der Waals surface area contributed by atoms with Crippen LogP contribution in [0.15, 0.2) is 54.6 Å². The Bertz CT molecular complexity index is 1480. The van der Waals surface area contributed by atoms with Crippen molar-refractivity contribution in [1.82, 2.24) is 5.32 Å². The van der Waals surface area contributed by atoms with E-state index in [1.165, 1.54) is 34.0 Å². The van der Waals surface area contributed by atoms with E-state index in [9.17, 15) is 14.4 Å². The molecule has 1 amide bonds. The van der Waals surface area contributed by atoms with Crippen molar-refractivity contribution < 1.29 is 47.5 Å². The molecule has 45 heavy (non-hydrogen) atoms. The first-order valence-electron chi connectivity index (χ1n) is 14.3. The van der Waals surface area contributed by atoms with E-state index in [1.54, 1.807) is 45.0 Å². The number of esters is 1. The number of nitrogens with one attached hydrogen (secondary N) is 1. The topological polar surface area (TPSA) is 128 Å². The number of hydrogen-bond donors (Lipinski definition) is 1. The van der Waals surface area contributed by atoms with Crippen molar-refractivity contribution in [3.63, 3.8) is 0 Å². The molecule has 0 spiro atoms. The molecule has 0 radical (unpaired) electrons. The summed E-state index contributed by atoms with van der Waals surface area (Å²) in [6.45, 7) is 6.95. The Kier molecular flexibility index (Phi) is 12.1. The Labute approximate surface area is 263 Å². The maximum atomic E-state index is 13.5. The summed E-state index contributed by atoms with van der Waals surface area (Å²) in [5, 5.41) is 2.35. The van der Waals surface area contributed by atoms with E-state index in [2.05, 4.69) is 24.4 Å². The lowest BCUT2D eigenvalue weighted by molar-refractivity contribution is -0.133. The molecule has 242 valence electrons. The van der Waals surface area contributed by atoms with Gasteiger partial charge in [0.2, 0.25) is 5.75 Å². The number of methoxy groups -OCH3 is 4. The second-order valence-electron chi connectivity index (χ2n) is 11.1. The number of hydrogen-bond acceptors (Lipinski definition) is 10. The lowest BCUT2D eigenvalue weighted by Crippen LogP contribution is -2.36. The van der Waals surface area contributed by atoms with Gasteiger partial charge in [0.1, 0.15) is 23.5 Å². The van der Waals surface area contributed by atoms with Crippen molar-refractivity contribution >= 4 is 17.8 Å². The normalized spacial score (nSPS) is 13.6. The Balaban J connectivity index is 0.000000693. The van der Waals surface area contributed by atoms with Crippen LogP contribution in [0.1, 0.15) is 42.3 Å². The molecule has 1 heterocycles. The molecular weight excluding hydrogens is 582 g/mol. The summed E-state index contributed by atoms with van der Waals surface area (Å²) in [6, 6.07) is 16.9. The highest BCUT2D eigenvalue weighted by Crippen LogP contribution is 2.47. The molecule has 0 saturated carbocycles. The third-order valence-electron chi connectivity index (χ3n) is 6.50. The van der Waals surface area contributed by atoms with Crippen LogP contribution in [0.3, 0.4) is 0 Å². The zero-order valence-electron chi connectivity index (χ0n) is 27.0. The lowest BCUT2D eigenvalue weighted by Gasteiger charge is -2.27. The fourth-order valence-electron chi connectivity index (χ4n) is 4.47. The number of carbonyl (C=O) groups is 3. The van der Waals surface area contributed by atoms with E-state index < -0.39 is 30.1 Å². The summed E-state index contributed by atoms with van der Waals surface area (Å²) in [6.07, 6.45) is -0.448. The summed E-state index contributed by atoms with van der Waals surface area (Å²) in [7, 11) is 5.82. The molecule has 1 aliphatic rings. The van der Waals surface area contributed by atoms with Gasteiger partial charge < -0.3 is 38.5 Å². The third-order valence-corrected chi connectivity index (χ3v) is 6.50. The number of carbonyl (C=O) groups excluding carboxylic acids is 3. The molecule has 1 N–H and O–H groups in total. The van der Waals surface area contributed by atoms with Gasteiger partial charge in [0.15, 0.2) is 28.8 Å². The van der Waals surface area contributed by atoms with Gasteiger partial charge in [-0.1, -0.05) is 42.0 Å². The highest BCUT2D eigenvalue weighted by molar-refractivity contribution is 6.05. The molecule has 1 aliphatic heterocycles. The van der Waals surface area contributed by atoms with Gasteiger partial charge in [0.05, 0.1) is 41.0 Å². The van der Waals surface area contributed by atoms with Gasteiger partial charge in [-0.3, -0.25) is 4.79 Å². The highest BCUT2D eigenvalue weighted by atomic mass is 16.6. The fraction of sp³-hybridized carbons (Fsp3) is 0.382. The first kappa shape index (κ1) is 34.6. The zero-order valence-corrected chi connectivity index (χ0v) is 27.0. The second kappa shape index (κ2) is 15.7. The molecule has 0 bridgehead atoms. The van der Waals surface area contributed by atoms with Gasteiger partial charge in [-0.15, -0.1) is 0 Å². The zero-order chi connectivity index (χ0) is 33.1. The summed E-state index contributed by atoms with van der Waals surface area (Å²) in [5.41, 5.74) is 1.60. The van der Waals surface area contributed by atoms with Gasteiger partial charge in [0.25, 0.3) is 0 Å². The SMILES string of the molecule is COc1ccc(CC2COc3cc(OC)c(OC)c(OC)c3C2=O)cc1OC(=O)CNC(=O)OC(C)(C)C.Cc1ccccc1. The number of alkyl carbamates (subject to hydrolysis) is 1. The summed E-state index contributed by atoms with van der Waals surface area (Å²) in [5.74, 6) is 0.287. The monoisotopic (exact) mass is 623 g/mol. The minimum Gasteiger partial charge on any atom is -0.493 e. The molecule has 11 nitrogen and oxygen atoms in total. The molecule has 3 aromatic rings. The molecule has 3 aromatic carbocycles. The third kappa shape index (κ3) is 9.53. The minimum absolute atomic E-state index is 0.130. The average molecular weight is 624 g/mol. The number of Topliss-reactive ketones (excluding diaryl/α,β-unsaturated/α-hetero) is 1. The summed E-state index contributed by atoms with van der Waals surface area (Å²) in [4.78, 5) is 37.7. The Morgan fingerprint density at radius 1 is 0.867 bits per heavy atom. The number of fused-ring (bicyclic) bond motifs is 1. The summed E-state index contributed by atoms with van der Waals surface area (Å²) < 4.78 is 38.0. The van der Waals surface area contributed by atoms with Gasteiger partial charge in [-0.05, 0) is 51.8 Å². The molecule has 0 aliphatic carbocycles. The van der Waals surface area contributed by atoms with Crippen LogP contribution in [0, 0.1) is 12.8 Å². The number of aryl methyl sites for hydroxylation is 1. The number of rotatable bonds is 9. The predicted molar refractivity (Wildman–Crippen MR) is 167 cm³/mol.